The molecule has 144 valence electrons. The Hall–Kier alpha value is -2.30. The van der Waals surface area contributed by atoms with E-state index in [0.29, 0.717) is 12.3 Å². The van der Waals surface area contributed by atoms with Gasteiger partial charge in [-0.3, -0.25) is 9.89 Å². The van der Waals surface area contributed by atoms with Gasteiger partial charge in [-0.1, -0.05) is 18.2 Å². The fourth-order valence-corrected chi connectivity index (χ4v) is 4.47. The molecule has 5 heteroatoms. The van der Waals surface area contributed by atoms with Crippen molar-refractivity contribution in [1.82, 2.24) is 15.5 Å². The Labute approximate surface area is 161 Å². The quantitative estimate of drug-likeness (QED) is 0.825. The third-order valence-electron chi connectivity index (χ3n) is 6.06. The third-order valence-corrected chi connectivity index (χ3v) is 6.06. The molecule has 1 aromatic carbocycles. The Bertz CT molecular complexity index is 797. The number of carbonyl (C=O) groups excluding carboxylic acids is 1. The standard InChI is InChI=1S/C22H30N4O/c1-16-6-2-5-9-21(16)26-13-12-17(15-26)14-23-22(27)11-10-20-18-7-3-4-8-19(18)24-25-20/h2,5-6,9,17H,3-4,7-8,10-15H2,1H3,(H,23,27)(H,24,25)/t17-/m0/s1. The van der Waals surface area contributed by atoms with E-state index in [1.165, 1.54) is 35.3 Å². The average Bonchev–Trinajstić information content (AvgIpc) is 3.32. The van der Waals surface area contributed by atoms with E-state index < -0.39 is 0 Å². The largest absolute Gasteiger partial charge is 0.371 e. The number of H-pyrrole nitrogens is 1. The van der Waals surface area contributed by atoms with Crippen molar-refractivity contribution in [3.8, 4) is 0 Å². The molecule has 0 bridgehead atoms. The van der Waals surface area contributed by atoms with E-state index in [1.54, 1.807) is 0 Å². The van der Waals surface area contributed by atoms with Crippen LogP contribution in [-0.4, -0.2) is 35.7 Å². The molecule has 1 aromatic heterocycles. The van der Waals surface area contributed by atoms with Crippen LogP contribution in [0, 0.1) is 12.8 Å². The molecule has 1 fully saturated rings. The van der Waals surface area contributed by atoms with Crippen molar-refractivity contribution in [2.75, 3.05) is 24.5 Å². The monoisotopic (exact) mass is 366 g/mol. The van der Waals surface area contributed by atoms with Gasteiger partial charge in [-0.15, -0.1) is 0 Å². The highest BCUT2D eigenvalue weighted by molar-refractivity contribution is 5.76. The van der Waals surface area contributed by atoms with Crippen molar-refractivity contribution in [2.45, 2.75) is 51.9 Å². The summed E-state index contributed by atoms with van der Waals surface area (Å²) in [6.45, 7) is 5.04. The van der Waals surface area contributed by atoms with Gasteiger partial charge in [-0.2, -0.15) is 5.10 Å². The summed E-state index contributed by atoms with van der Waals surface area (Å²) in [5.74, 6) is 0.684. The molecular weight excluding hydrogens is 336 g/mol. The molecule has 2 N–H and O–H groups in total. The van der Waals surface area contributed by atoms with Crippen LogP contribution in [0.2, 0.25) is 0 Å². The van der Waals surface area contributed by atoms with Gasteiger partial charge < -0.3 is 10.2 Å². The van der Waals surface area contributed by atoms with E-state index in [2.05, 4.69) is 51.6 Å². The van der Waals surface area contributed by atoms with Crippen LogP contribution in [0.5, 0.6) is 0 Å². The number of benzene rings is 1. The van der Waals surface area contributed by atoms with Crippen molar-refractivity contribution in [1.29, 1.82) is 0 Å². The number of aryl methyl sites for hydroxylation is 3. The molecule has 0 spiro atoms. The number of aromatic nitrogens is 2. The second-order valence-corrected chi connectivity index (χ2v) is 8.03. The molecule has 1 amide bonds. The van der Waals surface area contributed by atoms with E-state index in [1.807, 2.05) is 0 Å². The maximum atomic E-state index is 12.3. The van der Waals surface area contributed by atoms with Gasteiger partial charge in [-0.25, -0.2) is 0 Å². The van der Waals surface area contributed by atoms with Crippen LogP contribution < -0.4 is 10.2 Å². The second kappa shape index (κ2) is 8.15. The molecular formula is C22H30N4O. The van der Waals surface area contributed by atoms with Crippen LogP contribution in [0.25, 0.3) is 0 Å². The van der Waals surface area contributed by atoms with Crippen LogP contribution in [0.15, 0.2) is 24.3 Å². The van der Waals surface area contributed by atoms with Crippen LogP contribution in [0.4, 0.5) is 5.69 Å². The van der Waals surface area contributed by atoms with Crippen LogP contribution in [0.3, 0.4) is 0 Å². The first-order valence-electron chi connectivity index (χ1n) is 10.3. The third kappa shape index (κ3) is 4.18. The van der Waals surface area contributed by atoms with Crippen molar-refractivity contribution in [3.05, 3.63) is 46.8 Å². The lowest BCUT2D eigenvalue weighted by atomic mass is 9.94. The maximum absolute atomic E-state index is 12.3. The van der Waals surface area contributed by atoms with E-state index >= 15 is 0 Å². The first-order chi connectivity index (χ1) is 13.2. The highest BCUT2D eigenvalue weighted by Crippen LogP contribution is 2.26. The van der Waals surface area contributed by atoms with Crippen LogP contribution in [-0.2, 0) is 24.1 Å². The SMILES string of the molecule is Cc1ccccc1N1CC[C@@H](CNC(=O)CCc2n[nH]c3c2CCCC3)C1. The highest BCUT2D eigenvalue weighted by atomic mass is 16.1. The summed E-state index contributed by atoms with van der Waals surface area (Å²) in [7, 11) is 0. The molecule has 27 heavy (non-hydrogen) atoms. The zero-order chi connectivity index (χ0) is 18.6. The molecule has 4 rings (SSSR count). The molecule has 1 aliphatic heterocycles. The van der Waals surface area contributed by atoms with Gasteiger partial charge in [0.05, 0.1) is 5.69 Å². The summed E-state index contributed by atoms with van der Waals surface area (Å²) >= 11 is 0. The summed E-state index contributed by atoms with van der Waals surface area (Å²) in [6, 6.07) is 8.55. The van der Waals surface area contributed by atoms with Gasteiger partial charge in [0.15, 0.2) is 0 Å². The molecule has 0 unspecified atom stereocenters. The molecule has 1 saturated heterocycles. The van der Waals surface area contributed by atoms with Crippen molar-refractivity contribution >= 4 is 11.6 Å². The highest BCUT2D eigenvalue weighted by Gasteiger charge is 2.24. The fourth-order valence-electron chi connectivity index (χ4n) is 4.47. The van der Waals surface area contributed by atoms with Gasteiger partial charge in [-0.05, 0) is 62.1 Å². The lowest BCUT2D eigenvalue weighted by Gasteiger charge is -2.21. The molecule has 5 nitrogen and oxygen atoms in total. The summed E-state index contributed by atoms with van der Waals surface area (Å²) in [5.41, 5.74) is 6.42. The number of rotatable bonds is 6. The minimum absolute atomic E-state index is 0.150. The van der Waals surface area contributed by atoms with Gasteiger partial charge in [0.1, 0.15) is 0 Å². The number of para-hydroxylation sites is 1. The molecule has 0 saturated carbocycles. The first kappa shape index (κ1) is 18.1. The average molecular weight is 367 g/mol. The second-order valence-electron chi connectivity index (χ2n) is 8.03. The number of nitrogens with zero attached hydrogens (tertiary/aromatic N) is 2. The predicted molar refractivity (Wildman–Crippen MR) is 108 cm³/mol. The van der Waals surface area contributed by atoms with E-state index in [9.17, 15) is 4.79 Å². The Morgan fingerprint density at radius 1 is 1.30 bits per heavy atom. The zero-order valence-electron chi connectivity index (χ0n) is 16.3. The number of fused-ring (bicyclic) bond motifs is 1. The van der Waals surface area contributed by atoms with E-state index in [0.717, 1.165) is 51.0 Å². The maximum Gasteiger partial charge on any atom is 0.220 e. The Kier molecular flexibility index (Phi) is 5.46. The zero-order valence-corrected chi connectivity index (χ0v) is 16.3. The number of nitrogens with one attached hydrogen (secondary N) is 2. The minimum Gasteiger partial charge on any atom is -0.371 e. The summed E-state index contributed by atoms with van der Waals surface area (Å²) in [4.78, 5) is 14.8. The Morgan fingerprint density at radius 3 is 3.04 bits per heavy atom. The van der Waals surface area contributed by atoms with Gasteiger partial charge in [0, 0.05) is 43.9 Å². The van der Waals surface area contributed by atoms with Crippen molar-refractivity contribution < 1.29 is 4.79 Å². The summed E-state index contributed by atoms with van der Waals surface area (Å²) in [6.07, 6.45) is 7.12. The van der Waals surface area contributed by atoms with Gasteiger partial charge in [0.25, 0.3) is 0 Å². The molecule has 0 radical (unpaired) electrons. The predicted octanol–water partition coefficient (Wildman–Crippen LogP) is 3.17. The number of carbonyl (C=O) groups is 1. The van der Waals surface area contributed by atoms with Crippen molar-refractivity contribution in [2.24, 2.45) is 5.92 Å². The number of hydrogen-bond acceptors (Lipinski definition) is 3. The Morgan fingerprint density at radius 2 is 2.15 bits per heavy atom. The van der Waals surface area contributed by atoms with Crippen LogP contribution in [0.1, 0.15) is 48.2 Å². The van der Waals surface area contributed by atoms with Gasteiger partial charge >= 0.3 is 0 Å². The first-order valence-corrected chi connectivity index (χ1v) is 10.3. The Balaban J connectivity index is 1.22. The lowest BCUT2D eigenvalue weighted by molar-refractivity contribution is -0.121. The van der Waals surface area contributed by atoms with Crippen molar-refractivity contribution in [3.63, 3.8) is 0 Å². The smallest absolute Gasteiger partial charge is 0.220 e. The molecule has 2 aliphatic rings. The molecule has 1 atom stereocenters. The fraction of sp³-hybridized carbons (Fsp3) is 0.545. The molecule has 2 heterocycles. The van der Waals surface area contributed by atoms with E-state index in [4.69, 9.17) is 0 Å². The molecule has 2 aromatic rings. The van der Waals surface area contributed by atoms with Crippen LogP contribution >= 0.6 is 0 Å². The molecule has 1 aliphatic carbocycles. The normalized spacial score (nSPS) is 19.1. The number of amides is 1. The number of anilines is 1. The topological polar surface area (TPSA) is 61.0 Å². The van der Waals surface area contributed by atoms with E-state index in [-0.39, 0.29) is 5.91 Å². The lowest BCUT2D eigenvalue weighted by Crippen LogP contribution is -2.31. The summed E-state index contributed by atoms with van der Waals surface area (Å²) in [5, 5.41) is 10.8. The number of aromatic amines is 1. The number of hydrogen-bond donors (Lipinski definition) is 2. The minimum atomic E-state index is 0.150. The summed E-state index contributed by atoms with van der Waals surface area (Å²) < 4.78 is 0. The van der Waals surface area contributed by atoms with Gasteiger partial charge in [0.2, 0.25) is 5.91 Å².